The van der Waals surface area contributed by atoms with Gasteiger partial charge in [-0.25, -0.2) is 14.4 Å². The normalized spacial score (nSPS) is 12.5. The van der Waals surface area contributed by atoms with Crippen LogP contribution in [-0.2, 0) is 11.2 Å². The molecule has 0 fully saturated rings. The third kappa shape index (κ3) is 7.05. The molecular weight excluding hydrogens is 562 g/mol. The average molecular weight is 597 g/mol. The van der Waals surface area contributed by atoms with Gasteiger partial charge in [0.05, 0.1) is 31.1 Å². The summed E-state index contributed by atoms with van der Waals surface area (Å²) in [7, 11) is 1.26. The Bertz CT molecular complexity index is 1610. The molecule has 2 heterocycles. The summed E-state index contributed by atoms with van der Waals surface area (Å²) in [6.45, 7) is 2.01. The standard InChI is InChI=1S/C29H34F2N8O4/c1-3-16-12-17(4-5-19(16)28(41)36-13-18(40)14-37-29(42)21(33)8-9-32)38-26-27-35-15-22(39(27)11-10-34-26)20-6-7-23(43-2)25(31)24(20)30/h4-7,10-12,15,18,21,40H,3,8-9,13-14,32-33H2,1-2H3,(H,34,38)(H,36,41)(H,37,42). The van der Waals surface area contributed by atoms with Crippen LogP contribution < -0.4 is 32.2 Å². The van der Waals surface area contributed by atoms with E-state index >= 15 is 0 Å². The molecule has 12 nitrogen and oxygen atoms in total. The molecule has 0 aliphatic heterocycles. The predicted octanol–water partition coefficient (Wildman–Crippen LogP) is 1.87. The highest BCUT2D eigenvalue weighted by Gasteiger charge is 2.20. The van der Waals surface area contributed by atoms with E-state index < -0.39 is 29.7 Å². The van der Waals surface area contributed by atoms with E-state index in [0.29, 0.717) is 41.3 Å². The molecule has 0 saturated carbocycles. The van der Waals surface area contributed by atoms with Gasteiger partial charge in [-0.2, -0.15) is 4.39 Å². The number of anilines is 2. The molecule has 0 radical (unpaired) electrons. The molecule has 2 amide bonds. The van der Waals surface area contributed by atoms with Crippen molar-refractivity contribution in [1.82, 2.24) is 25.0 Å². The van der Waals surface area contributed by atoms with Crippen LogP contribution in [0.5, 0.6) is 5.75 Å². The van der Waals surface area contributed by atoms with Gasteiger partial charge in [0.25, 0.3) is 5.91 Å². The number of aliphatic hydroxyl groups is 1. The van der Waals surface area contributed by atoms with E-state index in [1.807, 2.05) is 6.92 Å². The van der Waals surface area contributed by atoms with Crippen molar-refractivity contribution < 1.29 is 28.2 Å². The molecule has 228 valence electrons. The van der Waals surface area contributed by atoms with Gasteiger partial charge in [0.2, 0.25) is 11.7 Å². The number of halogens is 2. The van der Waals surface area contributed by atoms with E-state index in [-0.39, 0.29) is 36.9 Å². The van der Waals surface area contributed by atoms with E-state index in [0.717, 1.165) is 5.56 Å². The van der Waals surface area contributed by atoms with Gasteiger partial charge in [-0.1, -0.05) is 6.92 Å². The Morgan fingerprint density at radius 3 is 2.60 bits per heavy atom. The Balaban J connectivity index is 1.46. The van der Waals surface area contributed by atoms with Crippen molar-refractivity contribution in [3.05, 3.63) is 71.7 Å². The molecule has 0 aliphatic carbocycles. The molecule has 2 atom stereocenters. The number of carbonyl (C=O) groups excluding carboxylic acids is 2. The lowest BCUT2D eigenvalue weighted by Crippen LogP contribution is -2.46. The molecule has 0 saturated heterocycles. The number of amides is 2. The van der Waals surface area contributed by atoms with Gasteiger partial charge in [0.1, 0.15) is 0 Å². The number of imidazole rings is 1. The van der Waals surface area contributed by atoms with Crippen LogP contribution in [0.4, 0.5) is 20.3 Å². The summed E-state index contributed by atoms with van der Waals surface area (Å²) in [5.74, 6) is -2.81. The SMILES string of the molecule is CCc1cc(Nc2nccn3c(-c4ccc(OC)c(F)c4F)cnc23)ccc1C(=O)NCC(O)CNC(=O)C(N)CCN. The average Bonchev–Trinajstić information content (AvgIpc) is 3.44. The summed E-state index contributed by atoms with van der Waals surface area (Å²) in [5.41, 5.74) is 13.6. The van der Waals surface area contributed by atoms with E-state index in [9.17, 15) is 23.5 Å². The predicted molar refractivity (Wildman–Crippen MR) is 157 cm³/mol. The molecule has 2 aromatic heterocycles. The minimum Gasteiger partial charge on any atom is -0.494 e. The topological polar surface area (TPSA) is 182 Å². The van der Waals surface area contributed by atoms with Crippen molar-refractivity contribution in [3.63, 3.8) is 0 Å². The second kappa shape index (κ2) is 14.0. The number of carbonyl (C=O) groups is 2. The van der Waals surface area contributed by atoms with E-state index in [4.69, 9.17) is 16.2 Å². The lowest BCUT2D eigenvalue weighted by molar-refractivity contribution is -0.122. The molecule has 2 unspecified atom stereocenters. The zero-order valence-electron chi connectivity index (χ0n) is 23.7. The van der Waals surface area contributed by atoms with Crippen LogP contribution in [0.25, 0.3) is 16.9 Å². The lowest BCUT2D eigenvalue weighted by Gasteiger charge is -2.16. The zero-order valence-corrected chi connectivity index (χ0v) is 23.7. The van der Waals surface area contributed by atoms with Gasteiger partial charge in [0, 0.05) is 42.3 Å². The number of hydrogen-bond donors (Lipinski definition) is 6. The molecule has 4 rings (SSSR count). The van der Waals surface area contributed by atoms with Gasteiger partial charge >= 0.3 is 0 Å². The maximum absolute atomic E-state index is 14.8. The van der Waals surface area contributed by atoms with Crippen molar-refractivity contribution >= 4 is 29.0 Å². The number of ether oxygens (including phenoxy) is 1. The molecular formula is C29H34F2N8O4. The van der Waals surface area contributed by atoms with Crippen molar-refractivity contribution in [2.24, 2.45) is 11.5 Å². The highest BCUT2D eigenvalue weighted by atomic mass is 19.2. The van der Waals surface area contributed by atoms with Crippen molar-refractivity contribution in [3.8, 4) is 17.0 Å². The number of nitrogens with one attached hydrogen (secondary N) is 3. The molecule has 2 aromatic carbocycles. The van der Waals surface area contributed by atoms with Crippen LogP contribution in [-0.4, -0.2) is 70.2 Å². The Morgan fingerprint density at radius 1 is 1.12 bits per heavy atom. The minimum absolute atomic E-state index is 0.00857. The number of benzene rings is 2. The number of aliphatic hydroxyl groups excluding tert-OH is 1. The molecule has 0 bridgehead atoms. The van der Waals surface area contributed by atoms with Gasteiger partial charge in [-0.15, -0.1) is 0 Å². The van der Waals surface area contributed by atoms with E-state index in [2.05, 4.69) is 25.9 Å². The van der Waals surface area contributed by atoms with Crippen LogP contribution in [0, 0.1) is 11.6 Å². The number of hydrogen-bond acceptors (Lipinski definition) is 9. The largest absolute Gasteiger partial charge is 0.494 e. The molecule has 14 heteroatoms. The highest BCUT2D eigenvalue weighted by molar-refractivity contribution is 5.96. The fourth-order valence-corrected chi connectivity index (χ4v) is 4.45. The number of nitrogens with two attached hydrogens (primary N) is 2. The monoisotopic (exact) mass is 596 g/mol. The van der Waals surface area contributed by atoms with Gasteiger partial charge in [-0.3, -0.25) is 14.0 Å². The smallest absolute Gasteiger partial charge is 0.251 e. The summed E-state index contributed by atoms with van der Waals surface area (Å²) >= 11 is 0. The first-order valence-corrected chi connectivity index (χ1v) is 13.6. The Labute approximate surface area is 246 Å². The van der Waals surface area contributed by atoms with E-state index in [1.165, 1.54) is 31.6 Å². The van der Waals surface area contributed by atoms with Crippen LogP contribution in [0.2, 0.25) is 0 Å². The first kappa shape index (κ1) is 31.3. The number of nitrogens with zero attached hydrogens (tertiary/aromatic N) is 3. The summed E-state index contributed by atoms with van der Waals surface area (Å²) in [6, 6.07) is 7.12. The van der Waals surface area contributed by atoms with Gasteiger partial charge in [-0.05, 0) is 55.3 Å². The van der Waals surface area contributed by atoms with Gasteiger partial charge < -0.3 is 37.3 Å². The van der Waals surface area contributed by atoms with Crippen molar-refractivity contribution in [2.45, 2.75) is 31.9 Å². The quantitative estimate of drug-likeness (QED) is 0.134. The van der Waals surface area contributed by atoms with E-state index in [1.54, 1.807) is 28.8 Å². The third-order valence-corrected chi connectivity index (χ3v) is 6.79. The van der Waals surface area contributed by atoms with Crippen molar-refractivity contribution in [1.29, 1.82) is 0 Å². The number of rotatable bonds is 13. The first-order chi connectivity index (χ1) is 20.7. The number of aromatic nitrogens is 3. The number of methoxy groups -OCH3 is 1. The Hall–Kier alpha value is -4.66. The van der Waals surface area contributed by atoms with Crippen LogP contribution in [0.3, 0.4) is 0 Å². The fraction of sp³-hybridized carbons (Fsp3) is 0.310. The minimum atomic E-state index is -1.09. The second-order valence-corrected chi connectivity index (χ2v) is 9.70. The fourth-order valence-electron chi connectivity index (χ4n) is 4.45. The Morgan fingerprint density at radius 2 is 1.88 bits per heavy atom. The van der Waals surface area contributed by atoms with Crippen LogP contribution in [0.15, 0.2) is 48.9 Å². The number of aryl methyl sites for hydroxylation is 1. The third-order valence-electron chi connectivity index (χ3n) is 6.79. The van der Waals surface area contributed by atoms with Crippen LogP contribution >= 0.6 is 0 Å². The molecule has 0 spiro atoms. The first-order valence-electron chi connectivity index (χ1n) is 13.6. The summed E-state index contributed by atoms with van der Waals surface area (Å²) in [4.78, 5) is 33.5. The molecule has 43 heavy (non-hydrogen) atoms. The molecule has 0 aliphatic rings. The zero-order chi connectivity index (χ0) is 31.1. The summed E-state index contributed by atoms with van der Waals surface area (Å²) < 4.78 is 35.6. The molecule has 4 aromatic rings. The summed E-state index contributed by atoms with van der Waals surface area (Å²) in [5, 5.41) is 18.6. The Kier molecular flexibility index (Phi) is 10.2. The van der Waals surface area contributed by atoms with Crippen molar-refractivity contribution in [2.75, 3.05) is 32.1 Å². The number of fused-ring (bicyclic) bond motifs is 1. The van der Waals surface area contributed by atoms with Crippen LogP contribution in [0.1, 0.15) is 29.3 Å². The lowest BCUT2D eigenvalue weighted by atomic mass is 10.0. The maximum atomic E-state index is 14.8. The highest BCUT2D eigenvalue weighted by Crippen LogP contribution is 2.31. The summed E-state index contributed by atoms with van der Waals surface area (Å²) in [6.07, 6.45) is 4.35. The molecule has 8 N–H and O–H groups in total. The van der Waals surface area contributed by atoms with Gasteiger partial charge in [0.15, 0.2) is 23.0 Å². The second-order valence-electron chi connectivity index (χ2n) is 9.70. The maximum Gasteiger partial charge on any atom is 0.251 e.